The molecule has 9 heteroatoms. The van der Waals surface area contributed by atoms with Gasteiger partial charge in [0.15, 0.2) is 0 Å². The molecule has 0 aliphatic rings. The Morgan fingerprint density at radius 3 is 1.71 bits per heavy atom. The number of aliphatic hydroxyl groups excluding tert-OH is 2. The fourth-order valence-corrected chi connectivity index (χ4v) is 4.45. The normalized spacial score (nSPS) is 14.4. The van der Waals surface area contributed by atoms with Crippen LogP contribution in [0.25, 0.3) is 0 Å². The van der Waals surface area contributed by atoms with Crippen molar-refractivity contribution in [3.63, 3.8) is 0 Å². The van der Waals surface area contributed by atoms with Gasteiger partial charge in [-0.05, 0) is 32.1 Å². The molecule has 224 valence electrons. The Bertz CT molecular complexity index is 616. The number of esters is 1. The minimum Gasteiger partial charge on any atom is -0.480 e. The Hall–Kier alpha value is -1.71. The number of carboxylic acid groups (broad SMARTS) is 1. The number of carbonyl (C=O) groups is 3. The number of aliphatic hydroxyl groups is 2. The number of nitrogens with two attached hydrogens (primary N) is 1. The van der Waals surface area contributed by atoms with Gasteiger partial charge in [-0.25, -0.2) is 4.79 Å². The van der Waals surface area contributed by atoms with E-state index in [1.54, 1.807) is 0 Å². The number of ether oxygens (including phenoxy) is 1. The lowest BCUT2D eigenvalue weighted by Gasteiger charge is -2.21. The van der Waals surface area contributed by atoms with Crippen molar-refractivity contribution < 1.29 is 34.4 Å². The van der Waals surface area contributed by atoms with Gasteiger partial charge in [-0.1, -0.05) is 97.3 Å². The Morgan fingerprint density at radius 2 is 1.21 bits per heavy atom. The third-order valence-corrected chi connectivity index (χ3v) is 6.77. The molecule has 0 spiro atoms. The van der Waals surface area contributed by atoms with E-state index in [1.807, 2.05) is 0 Å². The number of aliphatic carboxylic acids is 1. The number of carbonyl (C=O) groups excluding carboxylic acids is 2. The van der Waals surface area contributed by atoms with Gasteiger partial charge >= 0.3 is 11.9 Å². The van der Waals surface area contributed by atoms with E-state index in [2.05, 4.69) is 19.2 Å². The zero-order valence-electron chi connectivity index (χ0n) is 24.0. The van der Waals surface area contributed by atoms with E-state index >= 15 is 0 Å². The molecule has 0 rings (SSSR count). The number of nitrogens with one attached hydrogen (secondary N) is 1. The van der Waals surface area contributed by atoms with Crippen LogP contribution in [0, 0.1) is 0 Å². The highest BCUT2D eigenvalue weighted by atomic mass is 16.5. The molecule has 6 N–H and O–H groups in total. The van der Waals surface area contributed by atoms with Crippen molar-refractivity contribution in [1.29, 1.82) is 0 Å². The average molecular weight is 545 g/mol. The van der Waals surface area contributed by atoms with Crippen molar-refractivity contribution in [3.8, 4) is 0 Å². The largest absolute Gasteiger partial charge is 0.480 e. The molecule has 0 aromatic carbocycles. The Labute approximate surface area is 230 Å². The first kappa shape index (κ1) is 36.3. The van der Waals surface area contributed by atoms with Crippen LogP contribution in [0.1, 0.15) is 142 Å². The van der Waals surface area contributed by atoms with Crippen LogP contribution in [0.4, 0.5) is 0 Å². The predicted molar refractivity (Wildman–Crippen MR) is 149 cm³/mol. The Kier molecular flexibility index (Phi) is 23.2. The minimum atomic E-state index is -1.22. The van der Waals surface area contributed by atoms with Crippen LogP contribution in [0.3, 0.4) is 0 Å². The van der Waals surface area contributed by atoms with Gasteiger partial charge in [0.05, 0.1) is 18.9 Å². The number of carboxylic acids is 1. The van der Waals surface area contributed by atoms with E-state index in [0.717, 1.165) is 51.4 Å². The highest BCUT2D eigenvalue weighted by Gasteiger charge is 2.24. The van der Waals surface area contributed by atoms with Crippen molar-refractivity contribution in [3.05, 3.63) is 0 Å². The Balaban J connectivity index is 4.56. The first-order chi connectivity index (χ1) is 18.2. The summed E-state index contributed by atoms with van der Waals surface area (Å²) in [5.41, 5.74) is 5.28. The maximum atomic E-state index is 12.5. The van der Waals surface area contributed by atoms with Crippen LogP contribution in [-0.2, 0) is 19.1 Å². The van der Waals surface area contributed by atoms with E-state index in [0.29, 0.717) is 12.8 Å². The average Bonchev–Trinajstić information content (AvgIpc) is 2.84. The summed E-state index contributed by atoms with van der Waals surface area (Å²) in [5, 5.41) is 31.3. The zero-order valence-corrected chi connectivity index (χ0v) is 24.0. The lowest BCUT2D eigenvalue weighted by Crippen LogP contribution is -2.43. The van der Waals surface area contributed by atoms with E-state index in [1.165, 1.54) is 38.5 Å². The van der Waals surface area contributed by atoms with Crippen LogP contribution in [-0.4, -0.2) is 57.6 Å². The minimum absolute atomic E-state index is 0.00867. The number of hydrogen-bond acceptors (Lipinski definition) is 7. The highest BCUT2D eigenvalue weighted by Crippen LogP contribution is 2.16. The van der Waals surface area contributed by atoms with Crippen molar-refractivity contribution in [1.82, 2.24) is 5.32 Å². The first-order valence-electron chi connectivity index (χ1n) is 15.0. The molecule has 0 saturated carbocycles. The quantitative estimate of drug-likeness (QED) is 0.0581. The molecule has 0 bridgehead atoms. The van der Waals surface area contributed by atoms with Gasteiger partial charge in [0.2, 0.25) is 5.91 Å². The fourth-order valence-electron chi connectivity index (χ4n) is 4.45. The van der Waals surface area contributed by atoms with Crippen LogP contribution in [0.2, 0.25) is 0 Å². The van der Waals surface area contributed by atoms with E-state index in [9.17, 15) is 29.7 Å². The van der Waals surface area contributed by atoms with Gasteiger partial charge in [-0.15, -0.1) is 0 Å². The molecule has 0 fully saturated rings. The number of unbranched alkanes of at least 4 members (excludes halogenated alkanes) is 12. The second-order valence-electron chi connectivity index (χ2n) is 10.6. The van der Waals surface area contributed by atoms with Gasteiger partial charge in [0.25, 0.3) is 0 Å². The lowest BCUT2D eigenvalue weighted by molar-refractivity contribution is -0.153. The molecular weight excluding hydrogens is 488 g/mol. The van der Waals surface area contributed by atoms with Crippen LogP contribution >= 0.6 is 0 Å². The fraction of sp³-hybridized carbons (Fsp3) is 0.897. The summed E-state index contributed by atoms with van der Waals surface area (Å²) in [4.78, 5) is 36.5. The number of rotatable bonds is 26. The first-order valence-corrected chi connectivity index (χ1v) is 15.0. The van der Waals surface area contributed by atoms with E-state index in [4.69, 9.17) is 10.5 Å². The summed E-state index contributed by atoms with van der Waals surface area (Å²) in [5.74, 6) is -2.29. The molecule has 0 saturated heterocycles. The highest BCUT2D eigenvalue weighted by molar-refractivity contribution is 5.84. The van der Waals surface area contributed by atoms with E-state index < -0.39 is 42.3 Å². The molecule has 1 amide bonds. The second kappa shape index (κ2) is 24.3. The molecule has 0 aromatic heterocycles. The van der Waals surface area contributed by atoms with Gasteiger partial charge < -0.3 is 31.1 Å². The maximum absolute atomic E-state index is 12.5. The maximum Gasteiger partial charge on any atom is 0.326 e. The van der Waals surface area contributed by atoms with Crippen molar-refractivity contribution in [2.45, 2.75) is 167 Å². The van der Waals surface area contributed by atoms with Crippen LogP contribution < -0.4 is 11.1 Å². The summed E-state index contributed by atoms with van der Waals surface area (Å²) in [6, 6.07) is -1.18. The molecule has 0 radical (unpaired) electrons. The van der Waals surface area contributed by atoms with Crippen LogP contribution in [0.15, 0.2) is 0 Å². The standard InChI is InChI=1S/C29H56N2O7/c1-3-5-7-9-10-11-12-14-15-17-23(32)21-28(35)38-24(18-16-13-8-6-4-2)22-27(34)31-25(29(36)37)19-20-26(30)33/h23-26,32-33H,3-22,30H2,1-2H3,(H,31,34)(H,36,37). The van der Waals surface area contributed by atoms with Gasteiger partial charge in [0, 0.05) is 0 Å². The topological polar surface area (TPSA) is 159 Å². The molecule has 0 aliphatic heterocycles. The van der Waals surface area contributed by atoms with Gasteiger partial charge in [-0.3, -0.25) is 9.59 Å². The summed E-state index contributed by atoms with van der Waals surface area (Å²) < 4.78 is 5.56. The zero-order chi connectivity index (χ0) is 28.6. The second-order valence-corrected chi connectivity index (χ2v) is 10.6. The van der Waals surface area contributed by atoms with Crippen molar-refractivity contribution >= 4 is 17.8 Å². The van der Waals surface area contributed by atoms with Gasteiger partial charge in [-0.2, -0.15) is 0 Å². The van der Waals surface area contributed by atoms with Crippen molar-refractivity contribution in [2.24, 2.45) is 5.73 Å². The smallest absolute Gasteiger partial charge is 0.326 e. The third kappa shape index (κ3) is 22.3. The van der Waals surface area contributed by atoms with E-state index in [-0.39, 0.29) is 25.7 Å². The molecule has 0 aromatic rings. The lowest BCUT2D eigenvalue weighted by atomic mass is 10.0. The number of amides is 1. The van der Waals surface area contributed by atoms with Gasteiger partial charge in [0.1, 0.15) is 18.4 Å². The third-order valence-electron chi connectivity index (χ3n) is 6.77. The van der Waals surface area contributed by atoms with Crippen LogP contribution in [0.5, 0.6) is 0 Å². The molecule has 4 unspecified atom stereocenters. The molecular formula is C29H56N2O7. The number of hydrogen-bond donors (Lipinski definition) is 5. The summed E-state index contributed by atoms with van der Waals surface area (Å²) >= 11 is 0. The Morgan fingerprint density at radius 1 is 0.711 bits per heavy atom. The molecule has 0 aliphatic carbocycles. The molecule has 4 atom stereocenters. The predicted octanol–water partition coefficient (Wildman–Crippen LogP) is 4.95. The monoisotopic (exact) mass is 544 g/mol. The van der Waals surface area contributed by atoms with Crippen molar-refractivity contribution in [2.75, 3.05) is 0 Å². The molecule has 9 nitrogen and oxygen atoms in total. The molecule has 38 heavy (non-hydrogen) atoms. The summed E-state index contributed by atoms with van der Waals surface area (Å²) in [6.45, 7) is 4.33. The SMILES string of the molecule is CCCCCCCCCCCC(O)CC(=O)OC(CCCCCCC)CC(=O)NC(CCC(N)O)C(=O)O. The summed E-state index contributed by atoms with van der Waals surface area (Å²) in [7, 11) is 0. The summed E-state index contributed by atoms with van der Waals surface area (Å²) in [6.07, 6.45) is 13.8. The molecule has 0 heterocycles.